The third-order valence-electron chi connectivity index (χ3n) is 5.07. The molecule has 0 saturated carbocycles. The van der Waals surface area contributed by atoms with Gasteiger partial charge in [0.25, 0.3) is 5.56 Å². The van der Waals surface area contributed by atoms with E-state index in [1.807, 2.05) is 30.3 Å². The molecule has 2 aromatic heterocycles. The molecule has 0 aliphatic heterocycles. The van der Waals surface area contributed by atoms with Crippen LogP contribution in [0.1, 0.15) is 28.8 Å². The Balaban J connectivity index is 1.90. The molecular weight excluding hydrogens is 364 g/mol. The fraction of sp³-hybridized carbons (Fsp3) is 0.350. The molecule has 0 fully saturated rings. The average molecular weight is 383 g/mol. The molecule has 27 heavy (non-hydrogen) atoms. The quantitative estimate of drug-likeness (QED) is 0.660. The lowest BCUT2D eigenvalue weighted by Gasteiger charge is -2.13. The first-order valence-corrected chi connectivity index (χ1v) is 9.89. The SMILES string of the molecule is O=C([O-])Cn1c(=O)c2c3c(sc2n(CCc2ccccc2)c1=O)CCCC3. The number of hydrogen-bond donors (Lipinski definition) is 0. The molecule has 0 atom stereocenters. The van der Waals surface area contributed by atoms with E-state index in [9.17, 15) is 19.5 Å². The van der Waals surface area contributed by atoms with Gasteiger partial charge in [-0.05, 0) is 43.2 Å². The third-order valence-corrected chi connectivity index (χ3v) is 6.39. The maximum atomic E-state index is 12.9. The summed E-state index contributed by atoms with van der Waals surface area (Å²) in [5.41, 5.74) is 0.990. The predicted octanol–water partition coefficient (Wildman–Crippen LogP) is 1.10. The molecule has 2 heterocycles. The Hall–Kier alpha value is -2.67. The van der Waals surface area contributed by atoms with Gasteiger partial charge < -0.3 is 9.90 Å². The van der Waals surface area contributed by atoms with Crippen LogP contribution in [-0.4, -0.2) is 15.1 Å². The number of benzene rings is 1. The van der Waals surface area contributed by atoms with Crippen LogP contribution in [0.15, 0.2) is 39.9 Å². The van der Waals surface area contributed by atoms with Crippen LogP contribution in [0.3, 0.4) is 0 Å². The summed E-state index contributed by atoms with van der Waals surface area (Å²) >= 11 is 1.50. The molecule has 1 aromatic carbocycles. The van der Waals surface area contributed by atoms with Gasteiger partial charge in [-0.25, -0.2) is 4.79 Å². The number of carboxylic acids is 1. The highest BCUT2D eigenvalue weighted by Crippen LogP contribution is 2.34. The zero-order valence-corrected chi connectivity index (χ0v) is 15.6. The second-order valence-electron chi connectivity index (χ2n) is 6.82. The molecule has 1 aliphatic rings. The second-order valence-corrected chi connectivity index (χ2v) is 7.91. The van der Waals surface area contributed by atoms with Crippen molar-refractivity contribution in [1.82, 2.24) is 9.13 Å². The number of nitrogens with zero attached hydrogens (tertiary/aromatic N) is 2. The molecule has 1 aliphatic carbocycles. The molecule has 3 aromatic rings. The summed E-state index contributed by atoms with van der Waals surface area (Å²) in [6.07, 6.45) is 4.40. The number of rotatable bonds is 5. The molecule has 0 saturated heterocycles. The van der Waals surface area contributed by atoms with Gasteiger partial charge in [-0.3, -0.25) is 13.9 Å². The van der Waals surface area contributed by atoms with Gasteiger partial charge in [0.2, 0.25) is 0 Å². The predicted molar refractivity (Wildman–Crippen MR) is 102 cm³/mol. The Morgan fingerprint density at radius 3 is 2.56 bits per heavy atom. The number of aryl methyl sites for hydroxylation is 4. The lowest BCUT2D eigenvalue weighted by Crippen LogP contribution is -2.44. The standard InChI is InChI=1S/C20H20N2O4S/c23-16(24)12-22-18(25)17-14-8-4-5-9-15(14)27-19(17)21(20(22)26)11-10-13-6-2-1-3-7-13/h1-3,6-7H,4-5,8-12H2,(H,23,24)/p-1. The molecule has 4 rings (SSSR count). The van der Waals surface area contributed by atoms with E-state index in [2.05, 4.69) is 0 Å². The van der Waals surface area contributed by atoms with Crippen molar-refractivity contribution in [3.05, 3.63) is 67.2 Å². The molecule has 0 spiro atoms. The lowest BCUT2D eigenvalue weighted by atomic mass is 9.97. The number of fused-ring (bicyclic) bond motifs is 3. The smallest absolute Gasteiger partial charge is 0.332 e. The minimum Gasteiger partial charge on any atom is -0.548 e. The van der Waals surface area contributed by atoms with E-state index < -0.39 is 23.8 Å². The van der Waals surface area contributed by atoms with E-state index in [0.717, 1.165) is 46.3 Å². The molecule has 7 heteroatoms. The van der Waals surface area contributed by atoms with Crippen molar-refractivity contribution >= 4 is 27.5 Å². The van der Waals surface area contributed by atoms with Gasteiger partial charge in [-0.2, -0.15) is 0 Å². The van der Waals surface area contributed by atoms with Crippen molar-refractivity contribution in [3.8, 4) is 0 Å². The molecule has 0 amide bonds. The van der Waals surface area contributed by atoms with E-state index in [0.29, 0.717) is 23.2 Å². The van der Waals surface area contributed by atoms with Crippen molar-refractivity contribution < 1.29 is 9.90 Å². The molecule has 140 valence electrons. The maximum absolute atomic E-state index is 12.9. The van der Waals surface area contributed by atoms with Crippen LogP contribution >= 0.6 is 11.3 Å². The van der Waals surface area contributed by atoms with E-state index in [1.54, 1.807) is 4.57 Å². The summed E-state index contributed by atoms with van der Waals surface area (Å²) in [4.78, 5) is 38.7. The van der Waals surface area contributed by atoms with Crippen LogP contribution in [0.25, 0.3) is 10.2 Å². The number of aromatic nitrogens is 2. The Labute approximate surface area is 159 Å². The third kappa shape index (κ3) is 3.23. The molecule has 0 unspecified atom stereocenters. The monoisotopic (exact) mass is 383 g/mol. The van der Waals surface area contributed by atoms with Crippen molar-refractivity contribution in [2.45, 2.75) is 45.2 Å². The minimum atomic E-state index is -1.44. The summed E-state index contributed by atoms with van der Waals surface area (Å²) in [6.45, 7) is -0.324. The Bertz CT molecular complexity index is 1120. The van der Waals surface area contributed by atoms with Crippen LogP contribution in [-0.2, 0) is 37.1 Å². The van der Waals surface area contributed by atoms with Crippen LogP contribution in [0.2, 0.25) is 0 Å². The highest BCUT2D eigenvalue weighted by atomic mass is 32.1. The number of thiophene rings is 1. The van der Waals surface area contributed by atoms with Crippen molar-refractivity contribution in [2.75, 3.05) is 0 Å². The molecule has 0 N–H and O–H groups in total. The first-order chi connectivity index (χ1) is 13.1. The van der Waals surface area contributed by atoms with E-state index in [4.69, 9.17) is 0 Å². The molecule has 0 bridgehead atoms. The first-order valence-electron chi connectivity index (χ1n) is 9.08. The fourth-order valence-corrected chi connectivity index (χ4v) is 5.17. The summed E-state index contributed by atoms with van der Waals surface area (Å²) in [5.74, 6) is -1.44. The topological polar surface area (TPSA) is 84.1 Å². The van der Waals surface area contributed by atoms with Crippen molar-refractivity contribution in [2.24, 2.45) is 0 Å². The zero-order chi connectivity index (χ0) is 19.0. The highest BCUT2D eigenvalue weighted by molar-refractivity contribution is 7.18. The van der Waals surface area contributed by atoms with Gasteiger partial charge in [-0.15, -0.1) is 11.3 Å². The van der Waals surface area contributed by atoms with Crippen molar-refractivity contribution in [3.63, 3.8) is 0 Å². The number of carbonyl (C=O) groups excluding carboxylic acids is 1. The average Bonchev–Trinajstić information content (AvgIpc) is 3.05. The normalized spacial score (nSPS) is 13.6. The summed E-state index contributed by atoms with van der Waals surface area (Å²) in [7, 11) is 0. The second kappa shape index (κ2) is 7.15. The Kier molecular flexibility index (Phi) is 4.70. The first kappa shape index (κ1) is 17.7. The maximum Gasteiger partial charge on any atom is 0.332 e. The molecule has 6 nitrogen and oxygen atoms in total. The van der Waals surface area contributed by atoms with Gasteiger partial charge in [-0.1, -0.05) is 30.3 Å². The molecular formula is C20H19N2O4S-. The number of carbonyl (C=O) groups is 1. The van der Waals surface area contributed by atoms with Gasteiger partial charge in [0.1, 0.15) is 4.83 Å². The summed E-state index contributed by atoms with van der Waals surface area (Å²) < 4.78 is 2.37. The number of hydrogen-bond acceptors (Lipinski definition) is 5. The van der Waals surface area contributed by atoms with Gasteiger partial charge >= 0.3 is 5.69 Å². The van der Waals surface area contributed by atoms with E-state index in [1.165, 1.54) is 11.3 Å². The largest absolute Gasteiger partial charge is 0.548 e. The Morgan fingerprint density at radius 1 is 1.07 bits per heavy atom. The van der Waals surface area contributed by atoms with E-state index in [-0.39, 0.29) is 0 Å². The highest BCUT2D eigenvalue weighted by Gasteiger charge is 2.23. The zero-order valence-electron chi connectivity index (χ0n) is 14.8. The summed E-state index contributed by atoms with van der Waals surface area (Å²) in [5, 5.41) is 11.6. The summed E-state index contributed by atoms with van der Waals surface area (Å²) in [6, 6.07) is 9.78. The van der Waals surface area contributed by atoms with Crippen molar-refractivity contribution in [1.29, 1.82) is 0 Å². The fourth-order valence-electron chi connectivity index (χ4n) is 3.77. The van der Waals surface area contributed by atoms with Crippen LogP contribution in [0, 0.1) is 0 Å². The van der Waals surface area contributed by atoms with Crippen LogP contribution < -0.4 is 16.4 Å². The number of carboxylic acid groups (broad SMARTS) is 1. The number of aliphatic carboxylic acids is 1. The molecule has 0 radical (unpaired) electrons. The van der Waals surface area contributed by atoms with Crippen LogP contribution in [0.5, 0.6) is 0 Å². The lowest BCUT2D eigenvalue weighted by molar-refractivity contribution is -0.306. The van der Waals surface area contributed by atoms with Gasteiger partial charge in [0.05, 0.1) is 17.9 Å². The van der Waals surface area contributed by atoms with E-state index >= 15 is 0 Å². The minimum absolute atomic E-state index is 0.395. The van der Waals surface area contributed by atoms with Gasteiger partial charge in [0.15, 0.2) is 0 Å². The Morgan fingerprint density at radius 2 is 1.81 bits per heavy atom. The van der Waals surface area contributed by atoms with Crippen LogP contribution in [0.4, 0.5) is 0 Å². The van der Waals surface area contributed by atoms with Gasteiger partial charge in [0, 0.05) is 11.4 Å².